The summed E-state index contributed by atoms with van der Waals surface area (Å²) in [7, 11) is 1.97. The highest BCUT2D eigenvalue weighted by molar-refractivity contribution is 5.96. The van der Waals surface area contributed by atoms with E-state index in [2.05, 4.69) is 11.6 Å². The van der Waals surface area contributed by atoms with E-state index in [0.29, 0.717) is 19.5 Å². The van der Waals surface area contributed by atoms with Crippen molar-refractivity contribution in [3.05, 3.63) is 84.7 Å². The molecule has 1 atom stereocenters. The van der Waals surface area contributed by atoms with Gasteiger partial charge in [-0.25, -0.2) is 4.98 Å². The fourth-order valence-corrected chi connectivity index (χ4v) is 3.84. The molecule has 0 aliphatic carbocycles. The van der Waals surface area contributed by atoms with Crippen LogP contribution in [0.4, 0.5) is 5.69 Å². The van der Waals surface area contributed by atoms with Crippen molar-refractivity contribution in [3.63, 3.8) is 0 Å². The van der Waals surface area contributed by atoms with E-state index in [4.69, 9.17) is 0 Å². The molecule has 1 amide bonds. The van der Waals surface area contributed by atoms with Crippen molar-refractivity contribution in [2.75, 3.05) is 11.4 Å². The summed E-state index contributed by atoms with van der Waals surface area (Å²) in [5, 5.41) is 10.4. The number of hydrogen-bond acceptors (Lipinski definition) is 4. The van der Waals surface area contributed by atoms with Crippen molar-refractivity contribution < 1.29 is 9.90 Å². The smallest absolute Gasteiger partial charge is 0.241 e. The van der Waals surface area contributed by atoms with E-state index in [1.165, 1.54) is 0 Å². The molecule has 0 bridgehead atoms. The number of amides is 1. The third-order valence-corrected chi connectivity index (χ3v) is 5.47. The van der Waals surface area contributed by atoms with Gasteiger partial charge in [0.15, 0.2) is 0 Å². The zero-order chi connectivity index (χ0) is 21.1. The van der Waals surface area contributed by atoms with Crippen LogP contribution >= 0.6 is 0 Å². The molecular formula is C24H26N4O2. The Hall–Kier alpha value is -3.22. The summed E-state index contributed by atoms with van der Waals surface area (Å²) in [4.78, 5) is 21.1. The average molecular weight is 402 g/mol. The predicted molar refractivity (Wildman–Crippen MR) is 118 cm³/mol. The Morgan fingerprint density at radius 3 is 2.63 bits per heavy atom. The summed E-state index contributed by atoms with van der Waals surface area (Å²) in [5.74, 6) is 0.876. The Morgan fingerprint density at radius 1 is 1.17 bits per heavy atom. The van der Waals surface area contributed by atoms with Crippen LogP contribution in [0.25, 0.3) is 11.4 Å². The topological polar surface area (TPSA) is 61.6 Å². The maximum atomic E-state index is 13.1. The molecule has 1 N–H and O–H groups in total. The summed E-state index contributed by atoms with van der Waals surface area (Å²) in [6, 6.07) is 16.0. The lowest BCUT2D eigenvalue weighted by molar-refractivity contribution is -0.122. The first kappa shape index (κ1) is 20.1. The quantitative estimate of drug-likeness (QED) is 0.643. The molecule has 1 aromatic heterocycles. The number of aliphatic hydroxyl groups is 1. The van der Waals surface area contributed by atoms with Crippen LogP contribution in [0, 0.1) is 0 Å². The highest BCUT2D eigenvalue weighted by Gasteiger charge is 2.29. The number of aryl methyl sites for hydroxylation is 1. The highest BCUT2D eigenvalue weighted by Crippen LogP contribution is 2.28. The first-order valence-electron chi connectivity index (χ1n) is 10.0. The summed E-state index contributed by atoms with van der Waals surface area (Å²) in [6.07, 6.45) is 5.07. The molecule has 1 aliphatic rings. The van der Waals surface area contributed by atoms with Crippen molar-refractivity contribution in [1.82, 2.24) is 14.5 Å². The monoisotopic (exact) mass is 402 g/mol. The van der Waals surface area contributed by atoms with Gasteiger partial charge in [-0.2, -0.15) is 0 Å². The van der Waals surface area contributed by atoms with Gasteiger partial charge >= 0.3 is 0 Å². The molecule has 3 aromatic rings. The van der Waals surface area contributed by atoms with E-state index in [1.807, 2.05) is 71.2 Å². The van der Waals surface area contributed by atoms with Crippen LogP contribution in [0.2, 0.25) is 0 Å². The number of aromatic nitrogens is 2. The molecule has 154 valence electrons. The van der Waals surface area contributed by atoms with E-state index in [0.717, 1.165) is 28.2 Å². The van der Waals surface area contributed by atoms with Gasteiger partial charge in [-0.15, -0.1) is 6.58 Å². The van der Waals surface area contributed by atoms with E-state index in [-0.39, 0.29) is 12.5 Å². The zero-order valence-electron chi connectivity index (χ0n) is 17.1. The molecule has 0 spiro atoms. The summed E-state index contributed by atoms with van der Waals surface area (Å²) < 4.78 is 1.98. The van der Waals surface area contributed by atoms with Crippen molar-refractivity contribution >= 4 is 11.6 Å². The third-order valence-electron chi connectivity index (χ3n) is 5.47. The molecule has 0 radical (unpaired) electrons. The summed E-state index contributed by atoms with van der Waals surface area (Å²) in [5.41, 5.74) is 3.99. The molecule has 1 aliphatic heterocycles. The van der Waals surface area contributed by atoms with Crippen LogP contribution in [0.1, 0.15) is 17.5 Å². The van der Waals surface area contributed by atoms with Crippen molar-refractivity contribution in [1.29, 1.82) is 0 Å². The standard InChI is InChI=1S/C24H26N4O2/c1-3-6-22(29)27-16-20-7-4-5-8-21(20)28(23(30)17-27)15-18-9-11-19(12-10-18)24-25-13-14-26(24)2/h3-5,7-14,22,29H,1,6,15-17H2,2H3. The van der Waals surface area contributed by atoms with E-state index >= 15 is 0 Å². The maximum absolute atomic E-state index is 13.1. The van der Waals surface area contributed by atoms with Gasteiger partial charge in [0.25, 0.3) is 0 Å². The SMILES string of the molecule is C=CCC(O)N1CC(=O)N(Cc2ccc(-c3nccn3C)cc2)c2ccccc2C1. The van der Waals surface area contributed by atoms with Gasteiger partial charge in [0, 0.05) is 43.7 Å². The fraction of sp³-hybridized carbons (Fsp3) is 0.250. The van der Waals surface area contributed by atoms with E-state index in [1.54, 1.807) is 17.2 Å². The molecule has 1 unspecified atom stereocenters. The molecule has 4 rings (SSSR count). The van der Waals surface area contributed by atoms with Gasteiger partial charge < -0.3 is 14.6 Å². The maximum Gasteiger partial charge on any atom is 0.241 e. The van der Waals surface area contributed by atoms with Crippen LogP contribution in [0.15, 0.2) is 73.6 Å². The molecular weight excluding hydrogens is 376 g/mol. The summed E-state index contributed by atoms with van der Waals surface area (Å²) >= 11 is 0. The summed E-state index contributed by atoms with van der Waals surface area (Å²) in [6.45, 7) is 4.85. The Bertz CT molecular complexity index is 1040. The number of rotatable bonds is 6. The Morgan fingerprint density at radius 2 is 1.93 bits per heavy atom. The second-order valence-electron chi connectivity index (χ2n) is 7.58. The lowest BCUT2D eigenvalue weighted by atomic mass is 10.1. The largest absolute Gasteiger partial charge is 0.378 e. The number of para-hydroxylation sites is 1. The molecule has 2 heterocycles. The van der Waals surface area contributed by atoms with E-state index in [9.17, 15) is 9.90 Å². The minimum absolute atomic E-state index is 0.0313. The number of hydrogen-bond donors (Lipinski definition) is 1. The lowest BCUT2D eigenvalue weighted by Gasteiger charge is -2.25. The normalized spacial score (nSPS) is 15.5. The van der Waals surface area contributed by atoms with Gasteiger partial charge in [0.1, 0.15) is 12.1 Å². The third kappa shape index (κ3) is 4.06. The number of imidazole rings is 1. The number of aliphatic hydroxyl groups excluding tert-OH is 1. The van der Waals surface area contributed by atoms with Crippen LogP contribution < -0.4 is 4.90 Å². The Labute approximate surface area is 176 Å². The number of fused-ring (bicyclic) bond motifs is 1. The fourth-order valence-electron chi connectivity index (χ4n) is 3.84. The zero-order valence-corrected chi connectivity index (χ0v) is 17.1. The van der Waals surface area contributed by atoms with Crippen LogP contribution in [-0.2, 0) is 24.9 Å². The van der Waals surface area contributed by atoms with Gasteiger partial charge in [-0.05, 0) is 17.2 Å². The van der Waals surface area contributed by atoms with Gasteiger partial charge in [-0.1, -0.05) is 48.5 Å². The van der Waals surface area contributed by atoms with Gasteiger partial charge in [0.2, 0.25) is 5.91 Å². The van der Waals surface area contributed by atoms with Gasteiger partial charge in [-0.3, -0.25) is 9.69 Å². The second kappa shape index (κ2) is 8.65. The predicted octanol–water partition coefficient (Wildman–Crippen LogP) is 3.33. The minimum Gasteiger partial charge on any atom is -0.378 e. The van der Waals surface area contributed by atoms with Crippen LogP contribution in [0.3, 0.4) is 0 Å². The minimum atomic E-state index is -0.725. The van der Waals surface area contributed by atoms with Crippen molar-refractivity contribution in [2.24, 2.45) is 7.05 Å². The van der Waals surface area contributed by atoms with E-state index < -0.39 is 6.23 Å². The average Bonchev–Trinajstić information content (AvgIpc) is 3.12. The Balaban J connectivity index is 1.60. The van der Waals surface area contributed by atoms with Crippen LogP contribution in [-0.4, -0.2) is 38.2 Å². The van der Waals surface area contributed by atoms with Gasteiger partial charge in [0.05, 0.1) is 13.1 Å². The number of carbonyl (C=O) groups is 1. The number of benzene rings is 2. The first-order chi connectivity index (χ1) is 14.6. The van der Waals surface area contributed by atoms with Crippen molar-refractivity contribution in [3.8, 4) is 11.4 Å². The molecule has 30 heavy (non-hydrogen) atoms. The molecule has 6 heteroatoms. The second-order valence-corrected chi connectivity index (χ2v) is 7.58. The molecule has 0 saturated heterocycles. The number of carbonyl (C=O) groups excluding carboxylic acids is 1. The number of nitrogens with zero attached hydrogens (tertiary/aromatic N) is 4. The molecule has 2 aromatic carbocycles. The molecule has 0 saturated carbocycles. The molecule has 0 fully saturated rings. The molecule has 6 nitrogen and oxygen atoms in total. The lowest BCUT2D eigenvalue weighted by Crippen LogP contribution is -2.41. The first-order valence-corrected chi connectivity index (χ1v) is 10.0. The highest BCUT2D eigenvalue weighted by atomic mass is 16.3. The number of anilines is 1. The van der Waals surface area contributed by atoms with Crippen LogP contribution in [0.5, 0.6) is 0 Å². The Kier molecular flexibility index (Phi) is 5.79. The van der Waals surface area contributed by atoms with Crippen molar-refractivity contribution in [2.45, 2.75) is 25.7 Å².